The summed E-state index contributed by atoms with van der Waals surface area (Å²) in [5, 5.41) is 7.25. The first kappa shape index (κ1) is 17.2. The lowest BCUT2D eigenvalue weighted by Gasteiger charge is -2.04. The Morgan fingerprint density at radius 3 is 2.56 bits per heavy atom. The Bertz CT molecular complexity index is 966. The summed E-state index contributed by atoms with van der Waals surface area (Å²) in [6, 6.07) is 13.1. The fourth-order valence-electron chi connectivity index (χ4n) is 2.18. The molecule has 5 nitrogen and oxygen atoms in total. The van der Waals surface area contributed by atoms with E-state index in [9.17, 15) is 9.59 Å². The van der Waals surface area contributed by atoms with Crippen molar-refractivity contribution in [2.24, 2.45) is 0 Å². The largest absolute Gasteiger partial charge is 0.355 e. The number of anilines is 1. The van der Waals surface area contributed by atoms with Crippen LogP contribution in [0.3, 0.4) is 0 Å². The Morgan fingerprint density at radius 2 is 1.84 bits per heavy atom. The first-order valence-electron chi connectivity index (χ1n) is 7.28. The summed E-state index contributed by atoms with van der Waals surface area (Å²) in [6.45, 7) is 1.46. The van der Waals surface area contributed by atoms with Crippen molar-refractivity contribution < 1.29 is 14.1 Å². The molecular weight excluding hydrogens is 363 g/mol. The molecule has 0 saturated carbocycles. The Kier molecular flexibility index (Phi) is 4.88. The van der Waals surface area contributed by atoms with E-state index in [1.165, 1.54) is 13.0 Å². The van der Waals surface area contributed by atoms with Crippen molar-refractivity contribution in [2.75, 3.05) is 5.32 Å². The van der Waals surface area contributed by atoms with Crippen LogP contribution < -0.4 is 5.32 Å². The van der Waals surface area contributed by atoms with Crippen LogP contribution in [0, 0.1) is 0 Å². The molecule has 3 aromatic rings. The molecule has 1 N–H and O–H groups in total. The fourth-order valence-corrected chi connectivity index (χ4v) is 2.48. The summed E-state index contributed by atoms with van der Waals surface area (Å²) in [5.74, 6) is -0.142. The van der Waals surface area contributed by atoms with E-state index in [4.69, 9.17) is 27.7 Å². The minimum absolute atomic E-state index is 0.0839. The van der Waals surface area contributed by atoms with Crippen LogP contribution >= 0.6 is 23.2 Å². The van der Waals surface area contributed by atoms with Gasteiger partial charge in [0.25, 0.3) is 5.91 Å². The van der Waals surface area contributed by atoms with E-state index in [-0.39, 0.29) is 11.5 Å². The van der Waals surface area contributed by atoms with Gasteiger partial charge in [-0.1, -0.05) is 40.5 Å². The van der Waals surface area contributed by atoms with E-state index in [1.54, 1.807) is 42.5 Å². The van der Waals surface area contributed by atoms with Gasteiger partial charge in [-0.2, -0.15) is 0 Å². The van der Waals surface area contributed by atoms with E-state index < -0.39 is 5.91 Å². The van der Waals surface area contributed by atoms with Crippen molar-refractivity contribution in [2.45, 2.75) is 6.92 Å². The zero-order valence-corrected chi connectivity index (χ0v) is 14.6. The summed E-state index contributed by atoms with van der Waals surface area (Å²) >= 11 is 11.9. The van der Waals surface area contributed by atoms with Gasteiger partial charge in [0, 0.05) is 22.9 Å². The Balaban J connectivity index is 1.80. The first-order chi connectivity index (χ1) is 11.9. The number of carbonyl (C=O) groups is 2. The maximum atomic E-state index is 12.3. The fraction of sp³-hybridized carbons (Fsp3) is 0.0556. The molecule has 0 bridgehead atoms. The van der Waals surface area contributed by atoms with E-state index in [0.717, 1.165) is 0 Å². The number of hydrogen-bond donors (Lipinski definition) is 1. The van der Waals surface area contributed by atoms with Crippen LogP contribution in [0.2, 0.25) is 10.0 Å². The molecule has 0 spiro atoms. The van der Waals surface area contributed by atoms with Gasteiger partial charge in [0.15, 0.2) is 17.2 Å². The maximum Gasteiger partial charge on any atom is 0.277 e. The third kappa shape index (κ3) is 3.90. The highest BCUT2D eigenvalue weighted by Gasteiger charge is 2.15. The van der Waals surface area contributed by atoms with Gasteiger partial charge in [-0.05, 0) is 37.3 Å². The summed E-state index contributed by atoms with van der Waals surface area (Å²) in [7, 11) is 0. The molecule has 0 aliphatic heterocycles. The Morgan fingerprint density at radius 1 is 1.04 bits per heavy atom. The lowest BCUT2D eigenvalue weighted by Crippen LogP contribution is -2.12. The number of amides is 1. The average molecular weight is 375 g/mol. The van der Waals surface area contributed by atoms with Crippen molar-refractivity contribution in [3.63, 3.8) is 0 Å². The van der Waals surface area contributed by atoms with Crippen LogP contribution in [-0.2, 0) is 0 Å². The van der Waals surface area contributed by atoms with Gasteiger partial charge in [0.05, 0.1) is 10.0 Å². The number of ketones is 1. The predicted octanol–water partition coefficient (Wildman–Crippen LogP) is 5.10. The molecule has 1 amide bonds. The standard InChI is InChI=1S/C18H12Cl2N2O3/c1-10(23)11-3-2-4-13(7-11)21-18(24)16-9-17(25-22-16)12-5-6-14(19)15(20)8-12/h2-9H,1H3,(H,21,24). The van der Waals surface area contributed by atoms with Gasteiger partial charge in [-0.3, -0.25) is 9.59 Å². The van der Waals surface area contributed by atoms with Gasteiger partial charge in [-0.25, -0.2) is 0 Å². The number of rotatable bonds is 4. The minimum Gasteiger partial charge on any atom is -0.355 e. The lowest BCUT2D eigenvalue weighted by atomic mass is 10.1. The summed E-state index contributed by atoms with van der Waals surface area (Å²) < 4.78 is 5.20. The van der Waals surface area contributed by atoms with Crippen molar-refractivity contribution in [1.29, 1.82) is 0 Å². The average Bonchev–Trinajstić information content (AvgIpc) is 3.08. The van der Waals surface area contributed by atoms with Crippen molar-refractivity contribution >= 4 is 40.6 Å². The molecule has 0 aliphatic rings. The lowest BCUT2D eigenvalue weighted by molar-refractivity contribution is 0.100. The minimum atomic E-state index is -0.448. The van der Waals surface area contributed by atoms with Gasteiger partial charge >= 0.3 is 0 Å². The maximum absolute atomic E-state index is 12.3. The summed E-state index contributed by atoms with van der Waals surface area (Å²) in [6.07, 6.45) is 0. The second-order valence-corrected chi connectivity index (χ2v) is 6.11. The van der Waals surface area contributed by atoms with Crippen molar-refractivity contribution in [1.82, 2.24) is 5.16 Å². The highest BCUT2D eigenvalue weighted by molar-refractivity contribution is 6.42. The Hall–Kier alpha value is -2.63. The van der Waals surface area contributed by atoms with E-state index >= 15 is 0 Å². The summed E-state index contributed by atoms with van der Waals surface area (Å²) in [4.78, 5) is 23.7. The van der Waals surface area contributed by atoms with Crippen LogP contribution in [0.4, 0.5) is 5.69 Å². The SMILES string of the molecule is CC(=O)c1cccc(NC(=O)c2cc(-c3ccc(Cl)c(Cl)c3)on2)c1. The molecule has 7 heteroatoms. The third-order valence-corrected chi connectivity index (χ3v) is 4.21. The molecule has 0 unspecified atom stereocenters. The van der Waals surface area contributed by atoms with Crippen LogP contribution in [-0.4, -0.2) is 16.8 Å². The quantitative estimate of drug-likeness (QED) is 0.644. The van der Waals surface area contributed by atoms with Gasteiger partial charge in [0.2, 0.25) is 0 Å². The van der Waals surface area contributed by atoms with Gasteiger partial charge < -0.3 is 9.84 Å². The number of hydrogen-bond acceptors (Lipinski definition) is 4. The number of nitrogens with one attached hydrogen (secondary N) is 1. The Labute approximate surface area is 153 Å². The van der Waals surface area contributed by atoms with Crippen molar-refractivity contribution in [3.05, 3.63) is 69.8 Å². The second-order valence-electron chi connectivity index (χ2n) is 5.30. The highest BCUT2D eigenvalue weighted by Crippen LogP contribution is 2.29. The van der Waals surface area contributed by atoms with Gasteiger partial charge in [0.1, 0.15) is 0 Å². The third-order valence-electron chi connectivity index (χ3n) is 3.47. The molecule has 0 saturated heterocycles. The van der Waals surface area contributed by atoms with E-state index in [1.807, 2.05) is 0 Å². The molecule has 0 aliphatic carbocycles. The zero-order valence-electron chi connectivity index (χ0n) is 13.0. The first-order valence-corrected chi connectivity index (χ1v) is 8.04. The van der Waals surface area contributed by atoms with E-state index in [0.29, 0.717) is 32.6 Å². The van der Waals surface area contributed by atoms with Crippen molar-refractivity contribution in [3.8, 4) is 11.3 Å². The smallest absolute Gasteiger partial charge is 0.277 e. The van der Waals surface area contributed by atoms with E-state index in [2.05, 4.69) is 10.5 Å². The normalized spacial score (nSPS) is 10.5. The molecule has 25 heavy (non-hydrogen) atoms. The second kappa shape index (κ2) is 7.09. The molecular formula is C18H12Cl2N2O3. The summed E-state index contributed by atoms with van der Waals surface area (Å²) in [5.41, 5.74) is 1.76. The number of benzene rings is 2. The molecule has 0 atom stereocenters. The monoisotopic (exact) mass is 374 g/mol. The van der Waals surface area contributed by atoms with Crippen LogP contribution in [0.15, 0.2) is 53.1 Å². The van der Waals surface area contributed by atoms with Gasteiger partial charge in [-0.15, -0.1) is 0 Å². The van der Waals surface area contributed by atoms with Crippen LogP contribution in [0.5, 0.6) is 0 Å². The highest BCUT2D eigenvalue weighted by atomic mass is 35.5. The van der Waals surface area contributed by atoms with Crippen LogP contribution in [0.1, 0.15) is 27.8 Å². The number of halogens is 2. The number of nitrogens with zero attached hydrogens (tertiary/aromatic N) is 1. The van der Waals surface area contributed by atoms with Crippen LogP contribution in [0.25, 0.3) is 11.3 Å². The number of aromatic nitrogens is 1. The molecule has 1 heterocycles. The zero-order chi connectivity index (χ0) is 18.0. The molecule has 3 rings (SSSR count). The molecule has 0 radical (unpaired) electrons. The molecule has 1 aromatic heterocycles. The topological polar surface area (TPSA) is 72.2 Å². The molecule has 2 aromatic carbocycles. The number of Topliss-reactive ketones (excluding diaryl/α,β-unsaturated/α-hetero) is 1. The number of carbonyl (C=O) groups excluding carboxylic acids is 2. The molecule has 0 fully saturated rings. The molecule has 126 valence electrons. The predicted molar refractivity (Wildman–Crippen MR) is 96.4 cm³/mol.